The standard InChI is InChI=1S/C14H29N3O/c1-12(2)16-6-8-17(9-7-16)14(10-15,11-18-3)13-4-5-13/h12-13H,4-11,15H2,1-3H3. The molecule has 2 N–H and O–H groups in total. The molecule has 0 spiro atoms. The first-order chi connectivity index (χ1) is 8.64. The van der Waals surface area contributed by atoms with Crippen molar-refractivity contribution in [2.75, 3.05) is 46.4 Å². The molecular weight excluding hydrogens is 226 g/mol. The van der Waals surface area contributed by atoms with E-state index in [1.54, 1.807) is 7.11 Å². The molecule has 18 heavy (non-hydrogen) atoms. The fraction of sp³-hybridized carbons (Fsp3) is 1.00. The van der Waals surface area contributed by atoms with Crippen LogP contribution in [0.25, 0.3) is 0 Å². The minimum atomic E-state index is 0.109. The van der Waals surface area contributed by atoms with E-state index in [-0.39, 0.29) is 5.54 Å². The van der Waals surface area contributed by atoms with Gasteiger partial charge in [-0.2, -0.15) is 0 Å². The van der Waals surface area contributed by atoms with Crippen molar-refractivity contribution in [2.45, 2.75) is 38.3 Å². The fourth-order valence-corrected chi connectivity index (χ4v) is 3.38. The normalized spacial score (nSPS) is 26.5. The highest BCUT2D eigenvalue weighted by Crippen LogP contribution is 2.43. The van der Waals surface area contributed by atoms with Crippen molar-refractivity contribution >= 4 is 0 Å². The zero-order valence-electron chi connectivity index (χ0n) is 12.2. The van der Waals surface area contributed by atoms with Crippen molar-refractivity contribution in [3.05, 3.63) is 0 Å². The largest absolute Gasteiger partial charge is 0.383 e. The fourth-order valence-electron chi connectivity index (χ4n) is 3.38. The van der Waals surface area contributed by atoms with Gasteiger partial charge in [-0.3, -0.25) is 9.80 Å². The summed E-state index contributed by atoms with van der Waals surface area (Å²) in [5, 5.41) is 0. The number of rotatable bonds is 6. The number of nitrogens with zero attached hydrogens (tertiary/aromatic N) is 2. The second kappa shape index (κ2) is 5.87. The first-order valence-electron chi connectivity index (χ1n) is 7.32. The van der Waals surface area contributed by atoms with Crippen LogP contribution in [-0.4, -0.2) is 67.8 Å². The molecule has 1 aliphatic heterocycles. The maximum atomic E-state index is 6.12. The van der Waals surface area contributed by atoms with E-state index < -0.39 is 0 Å². The maximum Gasteiger partial charge on any atom is 0.0661 e. The van der Waals surface area contributed by atoms with Gasteiger partial charge in [0, 0.05) is 45.9 Å². The summed E-state index contributed by atoms with van der Waals surface area (Å²) in [6.07, 6.45) is 2.65. The number of piperazine rings is 1. The number of methoxy groups -OCH3 is 1. The van der Waals surface area contributed by atoms with Gasteiger partial charge in [-0.05, 0) is 32.6 Å². The molecule has 0 aromatic carbocycles. The highest BCUT2D eigenvalue weighted by atomic mass is 16.5. The molecule has 1 saturated heterocycles. The van der Waals surface area contributed by atoms with Gasteiger partial charge in [0.15, 0.2) is 0 Å². The lowest BCUT2D eigenvalue weighted by Crippen LogP contribution is -2.64. The Morgan fingerprint density at radius 2 is 1.83 bits per heavy atom. The van der Waals surface area contributed by atoms with E-state index in [1.165, 1.54) is 12.8 Å². The predicted octanol–water partition coefficient (Wildman–Crippen LogP) is 0.766. The molecule has 1 atom stereocenters. The van der Waals surface area contributed by atoms with E-state index in [0.29, 0.717) is 6.04 Å². The van der Waals surface area contributed by atoms with Gasteiger partial charge in [0.05, 0.1) is 12.1 Å². The van der Waals surface area contributed by atoms with Crippen molar-refractivity contribution in [3.63, 3.8) is 0 Å². The summed E-state index contributed by atoms with van der Waals surface area (Å²) in [4.78, 5) is 5.16. The summed E-state index contributed by atoms with van der Waals surface area (Å²) in [6, 6.07) is 0.655. The van der Waals surface area contributed by atoms with Crippen molar-refractivity contribution in [1.82, 2.24) is 9.80 Å². The molecule has 1 heterocycles. The second-order valence-corrected chi connectivity index (χ2v) is 6.13. The molecule has 0 bridgehead atoms. The van der Waals surface area contributed by atoms with E-state index in [4.69, 9.17) is 10.5 Å². The van der Waals surface area contributed by atoms with E-state index in [0.717, 1.165) is 45.2 Å². The molecule has 106 valence electrons. The van der Waals surface area contributed by atoms with Gasteiger partial charge in [0.25, 0.3) is 0 Å². The van der Waals surface area contributed by atoms with Crippen LogP contribution in [-0.2, 0) is 4.74 Å². The maximum absolute atomic E-state index is 6.12. The van der Waals surface area contributed by atoms with Crippen molar-refractivity contribution in [2.24, 2.45) is 11.7 Å². The Balaban J connectivity index is 2.00. The van der Waals surface area contributed by atoms with Crippen LogP contribution in [0, 0.1) is 5.92 Å². The summed E-state index contributed by atoms with van der Waals surface area (Å²) in [5.74, 6) is 0.757. The van der Waals surface area contributed by atoms with Crippen LogP contribution in [0.2, 0.25) is 0 Å². The molecule has 4 nitrogen and oxygen atoms in total. The highest BCUT2D eigenvalue weighted by Gasteiger charge is 2.49. The first-order valence-corrected chi connectivity index (χ1v) is 7.32. The highest BCUT2D eigenvalue weighted by molar-refractivity contribution is 5.04. The Morgan fingerprint density at radius 1 is 1.22 bits per heavy atom. The Morgan fingerprint density at radius 3 is 2.22 bits per heavy atom. The molecule has 4 heteroatoms. The monoisotopic (exact) mass is 255 g/mol. The quantitative estimate of drug-likeness (QED) is 0.761. The van der Waals surface area contributed by atoms with Crippen LogP contribution in [0.4, 0.5) is 0 Å². The molecular formula is C14H29N3O. The summed E-state index contributed by atoms with van der Waals surface area (Å²) in [7, 11) is 1.80. The van der Waals surface area contributed by atoms with Gasteiger partial charge in [0.2, 0.25) is 0 Å². The number of hydrogen-bond acceptors (Lipinski definition) is 4. The van der Waals surface area contributed by atoms with Crippen molar-refractivity contribution in [1.29, 1.82) is 0 Å². The lowest BCUT2D eigenvalue weighted by molar-refractivity contribution is -0.0312. The van der Waals surface area contributed by atoms with Crippen molar-refractivity contribution < 1.29 is 4.74 Å². The van der Waals surface area contributed by atoms with E-state index in [2.05, 4.69) is 23.6 Å². The molecule has 2 rings (SSSR count). The molecule has 1 aliphatic carbocycles. The Kier molecular flexibility index (Phi) is 4.64. The molecule has 0 amide bonds. The Labute approximate surface area is 111 Å². The smallest absolute Gasteiger partial charge is 0.0661 e. The zero-order valence-corrected chi connectivity index (χ0v) is 12.2. The molecule has 2 fully saturated rings. The summed E-state index contributed by atoms with van der Waals surface area (Å²) in [5.41, 5.74) is 6.23. The predicted molar refractivity (Wildman–Crippen MR) is 74.7 cm³/mol. The average Bonchev–Trinajstić information content (AvgIpc) is 3.21. The minimum absolute atomic E-state index is 0.109. The van der Waals surface area contributed by atoms with Crippen LogP contribution >= 0.6 is 0 Å². The minimum Gasteiger partial charge on any atom is -0.383 e. The third kappa shape index (κ3) is 2.72. The first kappa shape index (κ1) is 14.3. The average molecular weight is 255 g/mol. The van der Waals surface area contributed by atoms with Crippen LogP contribution in [0.15, 0.2) is 0 Å². The molecule has 2 aliphatic rings. The Hall–Kier alpha value is -0.160. The number of hydrogen-bond donors (Lipinski definition) is 1. The molecule has 1 saturated carbocycles. The van der Waals surface area contributed by atoms with Crippen LogP contribution in [0.1, 0.15) is 26.7 Å². The number of ether oxygens (including phenoxy) is 1. The van der Waals surface area contributed by atoms with Crippen LogP contribution in [0.5, 0.6) is 0 Å². The van der Waals surface area contributed by atoms with Gasteiger partial charge in [0.1, 0.15) is 0 Å². The topological polar surface area (TPSA) is 41.7 Å². The molecule has 0 radical (unpaired) electrons. The zero-order chi connectivity index (χ0) is 13.2. The van der Waals surface area contributed by atoms with Gasteiger partial charge < -0.3 is 10.5 Å². The van der Waals surface area contributed by atoms with Crippen molar-refractivity contribution in [3.8, 4) is 0 Å². The van der Waals surface area contributed by atoms with Crippen LogP contribution < -0.4 is 5.73 Å². The van der Waals surface area contributed by atoms with Gasteiger partial charge in [-0.1, -0.05) is 0 Å². The second-order valence-electron chi connectivity index (χ2n) is 6.13. The Bertz CT molecular complexity index is 260. The van der Waals surface area contributed by atoms with E-state index >= 15 is 0 Å². The lowest BCUT2D eigenvalue weighted by atomic mass is 9.91. The lowest BCUT2D eigenvalue weighted by Gasteiger charge is -2.48. The number of nitrogens with two attached hydrogens (primary N) is 1. The summed E-state index contributed by atoms with van der Waals surface area (Å²) < 4.78 is 5.49. The van der Waals surface area contributed by atoms with E-state index in [1.807, 2.05) is 0 Å². The molecule has 0 aromatic rings. The van der Waals surface area contributed by atoms with Gasteiger partial charge in [-0.15, -0.1) is 0 Å². The van der Waals surface area contributed by atoms with E-state index in [9.17, 15) is 0 Å². The summed E-state index contributed by atoms with van der Waals surface area (Å²) in [6.45, 7) is 10.7. The van der Waals surface area contributed by atoms with Gasteiger partial charge >= 0.3 is 0 Å². The molecule has 1 unspecified atom stereocenters. The third-order valence-electron chi connectivity index (χ3n) is 4.76. The molecule has 0 aromatic heterocycles. The summed E-state index contributed by atoms with van der Waals surface area (Å²) >= 11 is 0. The SMILES string of the molecule is COCC(CN)(C1CC1)N1CCN(C(C)C)CC1. The van der Waals surface area contributed by atoms with Gasteiger partial charge in [-0.25, -0.2) is 0 Å². The third-order valence-corrected chi connectivity index (χ3v) is 4.76. The van der Waals surface area contributed by atoms with Crippen LogP contribution in [0.3, 0.4) is 0 Å².